The highest BCUT2D eigenvalue weighted by molar-refractivity contribution is 5.98. The number of phenols is 1. The van der Waals surface area contributed by atoms with Gasteiger partial charge in [0.05, 0.1) is 24.1 Å². The smallest absolute Gasteiger partial charge is 0.329 e. The number of ether oxygens (including phenoxy) is 1. The van der Waals surface area contributed by atoms with E-state index in [-0.39, 0.29) is 30.3 Å². The number of anilines is 1. The van der Waals surface area contributed by atoms with Gasteiger partial charge in [0.25, 0.3) is 5.91 Å². The molecule has 5 N–H and O–H groups in total. The molecule has 2 aromatic carbocycles. The van der Waals surface area contributed by atoms with Crippen molar-refractivity contribution in [2.75, 3.05) is 19.0 Å². The first kappa shape index (κ1) is 26.6. The molecule has 1 amide bonds. The molecule has 0 bridgehead atoms. The number of esters is 1. The molecular weight excluding hydrogens is 458 g/mol. The van der Waals surface area contributed by atoms with Gasteiger partial charge in [0.2, 0.25) is 5.95 Å². The molecule has 34 heavy (non-hydrogen) atoms. The molecule has 0 aliphatic rings. The van der Waals surface area contributed by atoms with Gasteiger partial charge in [0.15, 0.2) is 0 Å². The number of hydrogen-bond acceptors (Lipinski definition) is 8. The van der Waals surface area contributed by atoms with Crippen molar-refractivity contribution in [3.05, 3.63) is 71.0 Å². The maximum atomic E-state index is 12.7. The minimum Gasteiger partial charge on any atom is -0.507 e. The van der Waals surface area contributed by atoms with Gasteiger partial charge in [-0.05, 0) is 31.0 Å². The van der Waals surface area contributed by atoms with Crippen LogP contribution in [0.25, 0.3) is 11.1 Å². The van der Waals surface area contributed by atoms with Gasteiger partial charge in [-0.1, -0.05) is 42.5 Å². The Bertz CT molecular complexity index is 1150. The number of aromatic hydroxyl groups is 1. The number of para-hydroxylation sites is 1. The molecule has 1 atom stereocenters. The van der Waals surface area contributed by atoms with Crippen LogP contribution in [0, 0.1) is 13.8 Å². The van der Waals surface area contributed by atoms with E-state index in [1.807, 2.05) is 36.4 Å². The highest BCUT2D eigenvalue weighted by Gasteiger charge is 2.23. The molecule has 9 nitrogen and oxygen atoms in total. The Labute approximate surface area is 204 Å². The largest absolute Gasteiger partial charge is 0.507 e. The predicted molar refractivity (Wildman–Crippen MR) is 132 cm³/mol. The Morgan fingerprint density at radius 1 is 1.03 bits per heavy atom. The minimum atomic E-state index is -0.954. The molecule has 1 aromatic heterocycles. The second-order valence-corrected chi connectivity index (χ2v) is 7.41. The number of nitrogens with two attached hydrogens (primary N) is 1. The molecule has 180 valence electrons. The van der Waals surface area contributed by atoms with Gasteiger partial charge in [-0.2, -0.15) is 0 Å². The van der Waals surface area contributed by atoms with Crippen LogP contribution in [0.2, 0.25) is 0 Å². The van der Waals surface area contributed by atoms with Crippen molar-refractivity contribution in [2.24, 2.45) is 5.73 Å². The fourth-order valence-corrected chi connectivity index (χ4v) is 3.52. The zero-order valence-electron chi connectivity index (χ0n) is 19.2. The maximum absolute atomic E-state index is 12.7. The maximum Gasteiger partial charge on any atom is 0.329 e. The van der Waals surface area contributed by atoms with Crippen LogP contribution in [0.15, 0.2) is 48.5 Å². The Hall–Kier alpha value is -3.69. The van der Waals surface area contributed by atoms with Crippen LogP contribution in [-0.2, 0) is 16.1 Å². The Kier molecular flexibility index (Phi) is 9.35. The zero-order valence-corrected chi connectivity index (χ0v) is 20.0. The number of aromatic nitrogens is 2. The summed E-state index contributed by atoms with van der Waals surface area (Å²) in [5.41, 5.74) is 9.32. The SMILES string of the molecule is COC(=O)[C@H](CN)NC(=O)c1c(C)nc(NCc2ccccc2-c2ccccc2O)nc1C.Cl. The van der Waals surface area contributed by atoms with Crippen LogP contribution in [0.4, 0.5) is 5.95 Å². The number of benzene rings is 2. The Morgan fingerprint density at radius 2 is 1.62 bits per heavy atom. The van der Waals surface area contributed by atoms with Crippen molar-refractivity contribution < 1.29 is 19.4 Å². The van der Waals surface area contributed by atoms with Crippen molar-refractivity contribution in [2.45, 2.75) is 26.4 Å². The molecule has 3 aromatic rings. The first-order valence-corrected chi connectivity index (χ1v) is 10.4. The molecule has 3 rings (SSSR count). The number of amides is 1. The topological polar surface area (TPSA) is 139 Å². The molecular formula is C24H28ClN5O4. The standard InChI is InChI=1S/C24H27N5O4.ClH/c1-14-21(22(31)29-19(12-25)23(32)33-3)15(2)28-24(27-14)26-13-16-8-4-5-9-17(16)18-10-6-7-11-20(18)30;/h4-11,19,30H,12-13,25H2,1-3H3,(H,29,31)(H,26,27,28);1H/t19-;/m0./s1. The van der Waals surface area contributed by atoms with Gasteiger partial charge in [0.1, 0.15) is 11.8 Å². The van der Waals surface area contributed by atoms with Gasteiger partial charge >= 0.3 is 5.97 Å². The highest BCUT2D eigenvalue weighted by Crippen LogP contribution is 2.31. The van der Waals surface area contributed by atoms with Crippen LogP contribution < -0.4 is 16.4 Å². The number of carbonyl (C=O) groups excluding carboxylic acids is 2. The van der Waals surface area contributed by atoms with E-state index in [0.29, 0.717) is 23.9 Å². The second kappa shape index (κ2) is 12.0. The monoisotopic (exact) mass is 485 g/mol. The second-order valence-electron chi connectivity index (χ2n) is 7.41. The van der Waals surface area contributed by atoms with Crippen molar-refractivity contribution >= 4 is 30.2 Å². The lowest BCUT2D eigenvalue weighted by atomic mass is 9.99. The van der Waals surface area contributed by atoms with E-state index in [9.17, 15) is 14.7 Å². The number of nitrogens with zero attached hydrogens (tertiary/aromatic N) is 2. The number of halogens is 1. The lowest BCUT2D eigenvalue weighted by molar-refractivity contribution is -0.142. The number of hydrogen-bond donors (Lipinski definition) is 4. The van der Waals surface area contributed by atoms with Gasteiger partial charge in [0, 0.05) is 18.7 Å². The molecule has 0 saturated heterocycles. The highest BCUT2D eigenvalue weighted by atomic mass is 35.5. The fraction of sp³-hybridized carbons (Fsp3) is 0.250. The molecule has 0 radical (unpaired) electrons. The summed E-state index contributed by atoms with van der Waals surface area (Å²) in [6, 6.07) is 13.9. The number of nitrogens with one attached hydrogen (secondary N) is 2. The number of aryl methyl sites for hydroxylation is 2. The molecule has 0 spiro atoms. The third-order valence-electron chi connectivity index (χ3n) is 5.17. The summed E-state index contributed by atoms with van der Waals surface area (Å²) in [6.07, 6.45) is 0. The quantitative estimate of drug-likeness (QED) is 0.357. The van der Waals surface area contributed by atoms with E-state index in [0.717, 1.165) is 16.7 Å². The first-order chi connectivity index (χ1) is 15.8. The summed E-state index contributed by atoms with van der Waals surface area (Å²) >= 11 is 0. The van der Waals surface area contributed by atoms with Crippen molar-refractivity contribution in [3.8, 4) is 16.9 Å². The van der Waals surface area contributed by atoms with E-state index in [1.165, 1.54) is 7.11 Å². The summed E-state index contributed by atoms with van der Waals surface area (Å²) in [7, 11) is 1.23. The van der Waals surface area contributed by atoms with Gasteiger partial charge in [-0.3, -0.25) is 4.79 Å². The summed E-state index contributed by atoms with van der Waals surface area (Å²) < 4.78 is 4.65. The van der Waals surface area contributed by atoms with E-state index >= 15 is 0 Å². The number of methoxy groups -OCH3 is 1. The van der Waals surface area contributed by atoms with Gasteiger partial charge in [-0.15, -0.1) is 12.4 Å². The van der Waals surface area contributed by atoms with Crippen LogP contribution >= 0.6 is 12.4 Å². The Morgan fingerprint density at radius 3 is 2.21 bits per heavy atom. The average Bonchev–Trinajstić information content (AvgIpc) is 2.81. The molecule has 0 aliphatic carbocycles. The molecule has 10 heteroatoms. The summed E-state index contributed by atoms with van der Waals surface area (Å²) in [5, 5.41) is 16.0. The first-order valence-electron chi connectivity index (χ1n) is 10.4. The fourth-order valence-electron chi connectivity index (χ4n) is 3.52. The number of rotatable bonds is 8. The summed E-state index contributed by atoms with van der Waals surface area (Å²) in [4.78, 5) is 33.2. The molecule has 0 aliphatic heterocycles. The van der Waals surface area contributed by atoms with E-state index < -0.39 is 17.9 Å². The average molecular weight is 486 g/mol. The van der Waals surface area contributed by atoms with Crippen LogP contribution in [0.3, 0.4) is 0 Å². The number of carbonyl (C=O) groups is 2. The van der Waals surface area contributed by atoms with E-state index in [1.54, 1.807) is 26.0 Å². The number of phenolic OH excluding ortho intramolecular Hbond substituents is 1. The van der Waals surface area contributed by atoms with E-state index in [2.05, 4.69) is 25.3 Å². The minimum absolute atomic E-state index is 0. The van der Waals surface area contributed by atoms with Crippen LogP contribution in [0.1, 0.15) is 27.3 Å². The van der Waals surface area contributed by atoms with Gasteiger partial charge in [-0.25, -0.2) is 14.8 Å². The summed E-state index contributed by atoms with van der Waals surface area (Å²) in [5.74, 6) is -0.561. The summed E-state index contributed by atoms with van der Waals surface area (Å²) in [6.45, 7) is 3.71. The van der Waals surface area contributed by atoms with Crippen LogP contribution in [-0.4, -0.2) is 46.6 Å². The predicted octanol–water partition coefficient (Wildman–Crippen LogP) is 2.73. The molecule has 1 heterocycles. The molecule has 0 fully saturated rings. The zero-order chi connectivity index (χ0) is 24.0. The van der Waals surface area contributed by atoms with Crippen molar-refractivity contribution in [3.63, 3.8) is 0 Å². The molecule has 0 saturated carbocycles. The Balaban J connectivity index is 0.00000408. The van der Waals surface area contributed by atoms with Crippen molar-refractivity contribution in [1.29, 1.82) is 0 Å². The third-order valence-corrected chi connectivity index (χ3v) is 5.17. The van der Waals surface area contributed by atoms with Gasteiger partial charge < -0.3 is 26.2 Å². The lowest BCUT2D eigenvalue weighted by Crippen LogP contribution is -2.46. The normalized spacial score (nSPS) is 11.2. The molecule has 0 unspecified atom stereocenters. The lowest BCUT2D eigenvalue weighted by Gasteiger charge is -2.17. The third kappa shape index (κ3) is 6.00. The van der Waals surface area contributed by atoms with E-state index in [4.69, 9.17) is 5.73 Å². The van der Waals surface area contributed by atoms with Crippen molar-refractivity contribution in [1.82, 2.24) is 15.3 Å². The van der Waals surface area contributed by atoms with Crippen LogP contribution in [0.5, 0.6) is 5.75 Å².